The van der Waals surface area contributed by atoms with Crippen LogP contribution in [-0.4, -0.2) is 18.3 Å². The highest BCUT2D eigenvalue weighted by atomic mass is 32.2. The van der Waals surface area contributed by atoms with E-state index in [4.69, 9.17) is 5.73 Å². The zero-order chi connectivity index (χ0) is 15.6. The fourth-order valence-electron chi connectivity index (χ4n) is 1.69. The van der Waals surface area contributed by atoms with Crippen LogP contribution in [0.3, 0.4) is 0 Å². The number of nitrogens with two attached hydrogens (primary N) is 1. The number of anilines is 2. The number of nitrogens with one attached hydrogen (secondary N) is 1. The van der Waals surface area contributed by atoms with E-state index in [-0.39, 0.29) is 22.0 Å². The summed E-state index contributed by atoms with van der Waals surface area (Å²) in [6, 6.07) is 4.82. The Morgan fingerprint density at radius 3 is 2.62 bits per heavy atom. The minimum absolute atomic E-state index is 0.0753. The van der Waals surface area contributed by atoms with Gasteiger partial charge in [-0.25, -0.2) is 8.42 Å². The normalized spacial score (nSPS) is 11.1. The third kappa shape index (κ3) is 3.26. The summed E-state index contributed by atoms with van der Waals surface area (Å²) in [6.07, 6.45) is 2.90. The Labute approximate surface area is 120 Å². The predicted molar refractivity (Wildman–Crippen MR) is 77.3 cm³/mol. The highest BCUT2D eigenvalue weighted by molar-refractivity contribution is 7.92. The Morgan fingerprint density at radius 2 is 2.00 bits per heavy atom. The molecule has 0 spiro atoms. The lowest BCUT2D eigenvalue weighted by molar-refractivity contribution is -0.385. The molecule has 8 nitrogen and oxygen atoms in total. The van der Waals surface area contributed by atoms with E-state index in [0.717, 1.165) is 17.7 Å². The highest BCUT2D eigenvalue weighted by Crippen LogP contribution is 2.26. The van der Waals surface area contributed by atoms with Crippen molar-refractivity contribution < 1.29 is 13.3 Å². The summed E-state index contributed by atoms with van der Waals surface area (Å²) in [4.78, 5) is 13.6. The average Bonchev–Trinajstić information content (AvgIpc) is 2.38. The first-order chi connectivity index (χ1) is 9.79. The van der Waals surface area contributed by atoms with Gasteiger partial charge >= 0.3 is 0 Å². The summed E-state index contributed by atoms with van der Waals surface area (Å²) in [7, 11) is -4.04. The molecule has 0 aliphatic rings. The van der Waals surface area contributed by atoms with Gasteiger partial charge in [-0.2, -0.15) is 0 Å². The number of aromatic nitrogens is 1. The Morgan fingerprint density at radius 1 is 1.29 bits per heavy atom. The molecule has 1 aromatic carbocycles. The first kappa shape index (κ1) is 14.7. The van der Waals surface area contributed by atoms with Gasteiger partial charge in [0.05, 0.1) is 22.5 Å². The fourth-order valence-corrected chi connectivity index (χ4v) is 2.88. The third-order valence-electron chi connectivity index (χ3n) is 2.62. The number of pyridine rings is 1. The van der Waals surface area contributed by atoms with Crippen molar-refractivity contribution in [3.63, 3.8) is 0 Å². The zero-order valence-corrected chi connectivity index (χ0v) is 11.8. The van der Waals surface area contributed by atoms with Crippen LogP contribution in [-0.2, 0) is 10.0 Å². The first-order valence-electron chi connectivity index (χ1n) is 5.78. The van der Waals surface area contributed by atoms with Crippen molar-refractivity contribution in [2.45, 2.75) is 11.8 Å². The van der Waals surface area contributed by atoms with Crippen molar-refractivity contribution in [2.75, 3.05) is 10.5 Å². The molecule has 0 saturated carbocycles. The summed E-state index contributed by atoms with van der Waals surface area (Å²) >= 11 is 0. The summed E-state index contributed by atoms with van der Waals surface area (Å²) in [5, 5.41) is 10.7. The first-order valence-corrected chi connectivity index (χ1v) is 7.26. The van der Waals surface area contributed by atoms with E-state index in [2.05, 4.69) is 9.71 Å². The minimum Gasteiger partial charge on any atom is -0.398 e. The van der Waals surface area contributed by atoms with E-state index in [0.29, 0.717) is 0 Å². The maximum Gasteiger partial charge on any atom is 0.270 e. The maximum absolute atomic E-state index is 12.3. The van der Waals surface area contributed by atoms with Gasteiger partial charge in [-0.3, -0.25) is 19.8 Å². The Hall–Kier alpha value is -2.68. The molecule has 1 aromatic heterocycles. The number of sulfonamides is 1. The van der Waals surface area contributed by atoms with E-state index in [1.54, 1.807) is 19.2 Å². The van der Waals surface area contributed by atoms with Crippen molar-refractivity contribution in [1.82, 2.24) is 4.98 Å². The number of nitro groups is 1. The van der Waals surface area contributed by atoms with Gasteiger partial charge < -0.3 is 5.73 Å². The number of nitrogens with zero attached hydrogens (tertiary/aromatic N) is 2. The molecule has 0 amide bonds. The summed E-state index contributed by atoms with van der Waals surface area (Å²) in [5.41, 5.74) is 6.19. The van der Waals surface area contributed by atoms with Gasteiger partial charge in [-0.15, -0.1) is 0 Å². The molecule has 0 aliphatic heterocycles. The van der Waals surface area contributed by atoms with Crippen molar-refractivity contribution in [1.29, 1.82) is 0 Å². The molecular formula is C12H12N4O4S. The van der Waals surface area contributed by atoms with Crippen molar-refractivity contribution in [3.8, 4) is 0 Å². The number of nitro benzene ring substituents is 1. The largest absolute Gasteiger partial charge is 0.398 e. The SMILES string of the molecule is Cc1cncc(NS(=O)(=O)c2cc([N+](=O)[O-])ccc2N)c1. The monoisotopic (exact) mass is 308 g/mol. The average molecular weight is 308 g/mol. The van der Waals surface area contributed by atoms with Crippen LogP contribution in [0.1, 0.15) is 5.56 Å². The van der Waals surface area contributed by atoms with Crippen LogP contribution in [0, 0.1) is 17.0 Å². The fraction of sp³-hybridized carbons (Fsp3) is 0.0833. The van der Waals surface area contributed by atoms with Crippen molar-refractivity contribution >= 4 is 27.1 Å². The smallest absolute Gasteiger partial charge is 0.270 e. The second-order valence-electron chi connectivity index (χ2n) is 4.34. The second-order valence-corrected chi connectivity index (χ2v) is 5.99. The second kappa shape index (κ2) is 5.37. The summed E-state index contributed by atoms with van der Waals surface area (Å²) in [6.45, 7) is 1.76. The van der Waals surface area contributed by atoms with Crippen LogP contribution in [0.25, 0.3) is 0 Å². The van der Waals surface area contributed by atoms with E-state index in [1.165, 1.54) is 12.3 Å². The van der Waals surface area contributed by atoms with E-state index >= 15 is 0 Å². The van der Waals surface area contributed by atoms with Crippen molar-refractivity contribution in [3.05, 3.63) is 52.3 Å². The molecule has 0 aliphatic carbocycles. The number of rotatable bonds is 4. The van der Waals surface area contributed by atoms with Gasteiger partial charge in [0.1, 0.15) is 4.90 Å². The standard InChI is InChI=1S/C12H12N4O4S/c1-8-4-9(7-14-6-8)15-21(19,20)12-5-10(16(17)18)2-3-11(12)13/h2-7,15H,13H2,1H3. The highest BCUT2D eigenvalue weighted by Gasteiger charge is 2.21. The predicted octanol–water partition coefficient (Wildman–Crippen LogP) is 1.68. The van der Waals surface area contributed by atoms with Gasteiger partial charge in [0, 0.05) is 18.3 Å². The molecule has 1 heterocycles. The Balaban J connectivity index is 2.44. The minimum atomic E-state index is -4.04. The number of benzene rings is 1. The van der Waals surface area contributed by atoms with Gasteiger partial charge in [0.15, 0.2) is 0 Å². The van der Waals surface area contributed by atoms with Gasteiger partial charge in [0.25, 0.3) is 15.7 Å². The number of non-ortho nitro benzene ring substituents is 1. The molecule has 21 heavy (non-hydrogen) atoms. The summed E-state index contributed by atoms with van der Waals surface area (Å²) in [5.74, 6) is 0. The van der Waals surface area contributed by atoms with Crippen LogP contribution < -0.4 is 10.5 Å². The number of nitrogen functional groups attached to an aromatic ring is 1. The van der Waals surface area contributed by atoms with Crippen LogP contribution in [0.5, 0.6) is 0 Å². The number of hydrogen-bond acceptors (Lipinski definition) is 6. The van der Waals surface area contributed by atoms with Crippen LogP contribution in [0.4, 0.5) is 17.1 Å². The molecule has 0 bridgehead atoms. The Kier molecular flexibility index (Phi) is 3.76. The summed E-state index contributed by atoms with van der Waals surface area (Å²) < 4.78 is 26.8. The molecule has 2 aromatic rings. The number of hydrogen-bond donors (Lipinski definition) is 2. The zero-order valence-electron chi connectivity index (χ0n) is 11.0. The van der Waals surface area contributed by atoms with Crippen LogP contribution in [0.2, 0.25) is 0 Å². The maximum atomic E-state index is 12.3. The molecule has 0 saturated heterocycles. The number of aryl methyl sites for hydroxylation is 1. The van der Waals surface area contributed by atoms with Crippen LogP contribution >= 0.6 is 0 Å². The lowest BCUT2D eigenvalue weighted by atomic mass is 10.3. The van der Waals surface area contributed by atoms with Gasteiger partial charge in [-0.05, 0) is 24.6 Å². The molecular weight excluding hydrogens is 296 g/mol. The Bertz CT molecular complexity index is 805. The van der Waals surface area contributed by atoms with Crippen LogP contribution in [0.15, 0.2) is 41.6 Å². The molecule has 3 N–H and O–H groups in total. The quantitative estimate of drug-likeness (QED) is 0.502. The van der Waals surface area contributed by atoms with E-state index in [1.807, 2.05) is 0 Å². The molecule has 0 fully saturated rings. The van der Waals surface area contributed by atoms with Crippen molar-refractivity contribution in [2.24, 2.45) is 0 Å². The topological polar surface area (TPSA) is 128 Å². The molecule has 0 radical (unpaired) electrons. The lowest BCUT2D eigenvalue weighted by Gasteiger charge is -2.10. The van der Waals surface area contributed by atoms with Gasteiger partial charge in [-0.1, -0.05) is 0 Å². The van der Waals surface area contributed by atoms with E-state index in [9.17, 15) is 18.5 Å². The molecule has 2 rings (SSSR count). The molecule has 110 valence electrons. The lowest BCUT2D eigenvalue weighted by Crippen LogP contribution is -2.15. The molecule has 9 heteroatoms. The third-order valence-corrected chi connectivity index (χ3v) is 4.06. The van der Waals surface area contributed by atoms with E-state index < -0.39 is 14.9 Å². The molecule has 0 unspecified atom stereocenters. The molecule has 0 atom stereocenters. The van der Waals surface area contributed by atoms with Gasteiger partial charge in [0.2, 0.25) is 0 Å².